The first-order valence-electron chi connectivity index (χ1n) is 11.3. The largest absolute Gasteiger partial charge is 0.467 e. The molecule has 0 bridgehead atoms. The van der Waals surface area contributed by atoms with Gasteiger partial charge >= 0.3 is 12.1 Å². The fourth-order valence-electron chi connectivity index (χ4n) is 4.10. The Morgan fingerprint density at radius 2 is 1.49 bits per heavy atom. The molecule has 180 valence electrons. The van der Waals surface area contributed by atoms with Gasteiger partial charge in [-0.2, -0.15) is 0 Å². The van der Waals surface area contributed by atoms with E-state index in [2.05, 4.69) is 0 Å². The van der Waals surface area contributed by atoms with Crippen LogP contribution in [-0.4, -0.2) is 36.5 Å². The molecule has 0 aliphatic carbocycles. The molecule has 0 spiro atoms. The molecule has 0 saturated carbocycles. The molecular weight excluding hydrogens is 464 g/mol. The predicted octanol–water partition coefficient (Wildman–Crippen LogP) is 6.22. The van der Waals surface area contributed by atoms with E-state index in [1.807, 2.05) is 60.7 Å². The van der Waals surface area contributed by atoms with Crippen molar-refractivity contribution in [3.63, 3.8) is 0 Å². The molecule has 1 heterocycles. The summed E-state index contributed by atoms with van der Waals surface area (Å²) < 4.78 is 10.8. The van der Waals surface area contributed by atoms with Crippen molar-refractivity contribution >= 4 is 35.1 Å². The molecule has 0 aromatic heterocycles. The number of amides is 1. The number of benzene rings is 3. The van der Waals surface area contributed by atoms with E-state index in [1.54, 1.807) is 39.0 Å². The molecule has 0 unspecified atom stereocenters. The molecule has 1 aliphatic heterocycles. The average Bonchev–Trinajstić information content (AvgIpc) is 3.15. The molecule has 6 nitrogen and oxygen atoms in total. The van der Waals surface area contributed by atoms with E-state index >= 15 is 0 Å². The molecule has 1 amide bonds. The number of nitrogens with zero attached hydrogens (tertiary/aromatic N) is 2. The molecule has 7 heteroatoms. The highest BCUT2D eigenvalue weighted by Crippen LogP contribution is 2.45. The number of anilines is 1. The number of carbonyl (C=O) groups is 2. The van der Waals surface area contributed by atoms with Gasteiger partial charge in [0.15, 0.2) is 6.04 Å². The SMILES string of the molecule is COC(=O)[C@H]1[C@H](N=C(c2ccccc2)c2ccccc2)c2ccc(Cl)cc2N1C(=O)OC(C)(C)C. The van der Waals surface area contributed by atoms with E-state index in [0.29, 0.717) is 22.0 Å². The molecule has 35 heavy (non-hydrogen) atoms. The Morgan fingerprint density at radius 3 is 2.00 bits per heavy atom. The summed E-state index contributed by atoms with van der Waals surface area (Å²) >= 11 is 6.30. The maximum atomic E-state index is 13.3. The lowest BCUT2D eigenvalue weighted by atomic mass is 9.99. The highest BCUT2D eigenvalue weighted by Gasteiger charge is 2.48. The average molecular weight is 491 g/mol. The topological polar surface area (TPSA) is 68.2 Å². The summed E-state index contributed by atoms with van der Waals surface area (Å²) in [6.07, 6.45) is -0.671. The zero-order valence-electron chi connectivity index (χ0n) is 20.1. The minimum absolute atomic E-state index is 0.428. The van der Waals surface area contributed by atoms with Crippen LogP contribution in [0.1, 0.15) is 43.5 Å². The number of fused-ring (bicyclic) bond motifs is 1. The van der Waals surface area contributed by atoms with E-state index in [-0.39, 0.29) is 0 Å². The smallest absolute Gasteiger partial charge is 0.415 e. The lowest BCUT2D eigenvalue weighted by Gasteiger charge is -2.29. The first kappa shape index (κ1) is 24.5. The fraction of sp³-hybridized carbons (Fsp3) is 0.250. The Balaban J connectivity index is 1.93. The van der Waals surface area contributed by atoms with E-state index < -0.39 is 29.7 Å². The van der Waals surface area contributed by atoms with Gasteiger partial charge in [0.2, 0.25) is 0 Å². The number of esters is 1. The van der Waals surface area contributed by atoms with Crippen LogP contribution in [0.25, 0.3) is 0 Å². The monoisotopic (exact) mass is 490 g/mol. The number of hydrogen-bond acceptors (Lipinski definition) is 5. The van der Waals surface area contributed by atoms with E-state index in [0.717, 1.165) is 11.1 Å². The third-order valence-electron chi connectivity index (χ3n) is 5.54. The summed E-state index contributed by atoms with van der Waals surface area (Å²) in [5.74, 6) is -0.600. The van der Waals surface area contributed by atoms with Gasteiger partial charge in [-0.15, -0.1) is 0 Å². The van der Waals surface area contributed by atoms with Crippen LogP contribution < -0.4 is 4.90 Å². The van der Waals surface area contributed by atoms with Crippen molar-refractivity contribution in [2.75, 3.05) is 12.0 Å². The Hall–Kier alpha value is -3.64. The number of ether oxygens (including phenoxy) is 2. The number of hydrogen-bond donors (Lipinski definition) is 0. The van der Waals surface area contributed by atoms with Gasteiger partial charge in [0, 0.05) is 21.7 Å². The molecular formula is C28H27ClN2O4. The quantitative estimate of drug-likeness (QED) is 0.322. The van der Waals surface area contributed by atoms with Gasteiger partial charge in [0.05, 0.1) is 18.5 Å². The lowest BCUT2D eigenvalue weighted by molar-refractivity contribution is -0.142. The summed E-state index contributed by atoms with van der Waals surface area (Å²) in [6, 6.07) is 22.8. The third-order valence-corrected chi connectivity index (χ3v) is 5.78. The van der Waals surface area contributed by atoms with Crippen molar-refractivity contribution in [3.8, 4) is 0 Å². The first-order chi connectivity index (χ1) is 16.7. The zero-order valence-corrected chi connectivity index (χ0v) is 20.8. The first-order valence-corrected chi connectivity index (χ1v) is 11.7. The summed E-state index contributed by atoms with van der Waals surface area (Å²) in [5.41, 5.74) is 2.84. The van der Waals surface area contributed by atoms with Gasteiger partial charge < -0.3 is 9.47 Å². The minimum Gasteiger partial charge on any atom is -0.467 e. The summed E-state index contributed by atoms with van der Waals surface area (Å²) in [5, 5.41) is 0.428. The highest BCUT2D eigenvalue weighted by atomic mass is 35.5. The van der Waals surface area contributed by atoms with Crippen molar-refractivity contribution in [2.45, 2.75) is 38.5 Å². The third kappa shape index (κ3) is 5.23. The van der Waals surface area contributed by atoms with Gasteiger partial charge in [-0.05, 0) is 32.9 Å². The van der Waals surface area contributed by atoms with Gasteiger partial charge in [-0.25, -0.2) is 9.59 Å². The van der Waals surface area contributed by atoms with Crippen LogP contribution in [0.4, 0.5) is 10.5 Å². The molecule has 2 atom stereocenters. The van der Waals surface area contributed by atoms with Gasteiger partial charge in [-0.3, -0.25) is 9.89 Å². The number of rotatable bonds is 4. The van der Waals surface area contributed by atoms with Gasteiger partial charge in [0.25, 0.3) is 0 Å². The molecule has 4 rings (SSSR count). The van der Waals surface area contributed by atoms with E-state index in [9.17, 15) is 9.59 Å². The molecule has 0 fully saturated rings. The molecule has 3 aromatic rings. The van der Waals surface area contributed by atoms with Crippen LogP contribution in [0, 0.1) is 0 Å². The van der Waals surface area contributed by atoms with Crippen LogP contribution in [0.5, 0.6) is 0 Å². The molecule has 1 aliphatic rings. The van der Waals surface area contributed by atoms with E-state index in [1.165, 1.54) is 12.0 Å². The van der Waals surface area contributed by atoms with Crippen molar-refractivity contribution in [1.82, 2.24) is 0 Å². The Labute approximate surface area is 210 Å². The lowest BCUT2D eigenvalue weighted by Crippen LogP contribution is -2.47. The second-order valence-corrected chi connectivity index (χ2v) is 9.61. The number of halogens is 1. The molecule has 0 radical (unpaired) electrons. The fourth-order valence-corrected chi connectivity index (χ4v) is 4.27. The molecule has 0 saturated heterocycles. The van der Waals surface area contributed by atoms with Crippen molar-refractivity contribution < 1.29 is 19.1 Å². The van der Waals surface area contributed by atoms with Crippen LogP contribution in [0.2, 0.25) is 5.02 Å². The number of methoxy groups -OCH3 is 1. The van der Waals surface area contributed by atoms with Crippen LogP contribution in [-0.2, 0) is 14.3 Å². The predicted molar refractivity (Wildman–Crippen MR) is 137 cm³/mol. The maximum absolute atomic E-state index is 13.3. The minimum atomic E-state index is -1.06. The zero-order chi connectivity index (χ0) is 25.2. The Kier molecular flexibility index (Phi) is 6.94. The number of aliphatic imine (C=N–C) groups is 1. The number of carbonyl (C=O) groups excluding carboxylic acids is 2. The van der Waals surface area contributed by atoms with Crippen molar-refractivity contribution in [3.05, 3.63) is 101 Å². The molecule has 0 N–H and O–H groups in total. The highest BCUT2D eigenvalue weighted by molar-refractivity contribution is 6.31. The second kappa shape index (κ2) is 9.92. The maximum Gasteiger partial charge on any atom is 0.415 e. The van der Waals surface area contributed by atoms with E-state index in [4.69, 9.17) is 26.1 Å². The second-order valence-electron chi connectivity index (χ2n) is 9.18. The summed E-state index contributed by atoms with van der Waals surface area (Å²) in [7, 11) is 1.29. The van der Waals surface area contributed by atoms with Crippen molar-refractivity contribution in [1.29, 1.82) is 0 Å². The summed E-state index contributed by atoms with van der Waals surface area (Å²) in [6.45, 7) is 5.31. The summed E-state index contributed by atoms with van der Waals surface area (Å²) in [4.78, 5) is 32.9. The van der Waals surface area contributed by atoms with Crippen LogP contribution in [0.15, 0.2) is 83.9 Å². The van der Waals surface area contributed by atoms with Crippen molar-refractivity contribution in [2.24, 2.45) is 4.99 Å². The Bertz CT molecular complexity index is 1210. The molecule has 3 aromatic carbocycles. The van der Waals surface area contributed by atoms with Gasteiger partial charge in [0.1, 0.15) is 11.6 Å². The normalized spacial score (nSPS) is 16.9. The van der Waals surface area contributed by atoms with Crippen LogP contribution >= 0.6 is 11.6 Å². The standard InChI is InChI=1S/C28H27ClN2O4/c1-28(2,3)35-27(33)31-22-17-20(29)15-16-21(22)24(25(31)26(32)34-4)30-23(18-11-7-5-8-12-18)19-13-9-6-10-14-19/h5-17,24-25H,1-4H3/t24-,25-/m1/s1. The van der Waals surface area contributed by atoms with Crippen LogP contribution in [0.3, 0.4) is 0 Å². The Morgan fingerprint density at radius 1 is 0.914 bits per heavy atom. The van der Waals surface area contributed by atoms with Gasteiger partial charge in [-0.1, -0.05) is 78.3 Å².